The molecule has 0 saturated carbocycles. The fraction of sp³-hybridized carbons (Fsp3) is 0.0172. The highest BCUT2D eigenvalue weighted by atomic mass is 15.0. The van der Waals surface area contributed by atoms with Crippen LogP contribution in [0, 0.1) is 18.3 Å². The number of benzene rings is 8. The summed E-state index contributed by atoms with van der Waals surface area (Å²) in [5.41, 5.74) is 14.9. The molecule has 11 aromatic rings. The monoisotopic (exact) mass is 818 g/mol. The molecular formula is C58H38N6. The van der Waals surface area contributed by atoms with Crippen molar-refractivity contribution in [3.8, 4) is 90.7 Å². The SMILES string of the molecule is Cc1ccc(-c2ccc3c(c2)c2ccccc2n3-c2c(-c3cc(-c4ccccc4)nc(-c4ccccc4)n3)cc(C#N)cc2-c2cc(-c3ccccc3)nc(-c3ccccc3)n2)cc1. The van der Waals surface area contributed by atoms with Gasteiger partial charge in [0.2, 0.25) is 0 Å². The van der Waals surface area contributed by atoms with Gasteiger partial charge in [0.05, 0.1) is 51.1 Å². The Morgan fingerprint density at radius 2 is 0.812 bits per heavy atom. The average Bonchev–Trinajstić information content (AvgIpc) is 3.70. The molecule has 0 aliphatic rings. The van der Waals surface area contributed by atoms with Crippen molar-refractivity contribution in [2.24, 2.45) is 0 Å². The number of aryl methyl sites for hydroxylation is 1. The van der Waals surface area contributed by atoms with Crippen molar-refractivity contribution >= 4 is 21.8 Å². The van der Waals surface area contributed by atoms with Crippen molar-refractivity contribution in [2.45, 2.75) is 6.92 Å². The molecule has 0 atom stereocenters. The van der Waals surface area contributed by atoms with E-state index in [1.165, 1.54) is 5.56 Å². The zero-order valence-corrected chi connectivity index (χ0v) is 34.9. The molecule has 11 rings (SSSR count). The van der Waals surface area contributed by atoms with E-state index in [1.54, 1.807) is 0 Å². The lowest BCUT2D eigenvalue weighted by Gasteiger charge is -2.20. The molecule has 6 heteroatoms. The number of nitrogens with zero attached hydrogens (tertiary/aromatic N) is 6. The Bertz CT molecular complexity index is 3280. The highest BCUT2D eigenvalue weighted by molar-refractivity contribution is 6.12. The minimum absolute atomic E-state index is 0.471. The predicted molar refractivity (Wildman–Crippen MR) is 259 cm³/mol. The highest BCUT2D eigenvalue weighted by Crippen LogP contribution is 2.44. The number of fused-ring (bicyclic) bond motifs is 3. The summed E-state index contributed by atoms with van der Waals surface area (Å²) >= 11 is 0. The van der Waals surface area contributed by atoms with Gasteiger partial charge in [0.1, 0.15) is 0 Å². The molecule has 0 radical (unpaired) electrons. The van der Waals surface area contributed by atoms with E-state index in [9.17, 15) is 5.26 Å². The first-order chi connectivity index (χ1) is 31.6. The minimum atomic E-state index is 0.471. The average molecular weight is 819 g/mol. The van der Waals surface area contributed by atoms with Crippen LogP contribution in [0.25, 0.3) is 106 Å². The molecule has 0 unspecified atom stereocenters. The number of para-hydroxylation sites is 1. The van der Waals surface area contributed by atoms with Gasteiger partial charge >= 0.3 is 0 Å². The third-order valence-electron chi connectivity index (χ3n) is 11.7. The van der Waals surface area contributed by atoms with Gasteiger partial charge < -0.3 is 4.57 Å². The zero-order chi connectivity index (χ0) is 43.0. The van der Waals surface area contributed by atoms with Gasteiger partial charge in [-0.25, -0.2) is 19.9 Å². The Morgan fingerprint density at radius 1 is 0.375 bits per heavy atom. The summed E-state index contributed by atoms with van der Waals surface area (Å²) in [4.78, 5) is 21.0. The Balaban J connectivity index is 1.28. The summed E-state index contributed by atoms with van der Waals surface area (Å²) in [5, 5.41) is 13.1. The van der Waals surface area contributed by atoms with E-state index in [-0.39, 0.29) is 0 Å². The van der Waals surface area contributed by atoms with Crippen LogP contribution >= 0.6 is 0 Å². The lowest BCUT2D eigenvalue weighted by atomic mass is 9.95. The van der Waals surface area contributed by atoms with Crippen molar-refractivity contribution in [1.29, 1.82) is 5.26 Å². The van der Waals surface area contributed by atoms with E-state index in [0.29, 0.717) is 28.6 Å². The maximum Gasteiger partial charge on any atom is 0.160 e. The van der Waals surface area contributed by atoms with Gasteiger partial charge in [-0.2, -0.15) is 5.26 Å². The second-order valence-electron chi connectivity index (χ2n) is 15.9. The standard InChI is InChI=1S/C58H38N6/c1-38-26-28-40(29-27-38)45-30-31-55-47(34-45)46-24-14-15-25-54(46)64(55)56-48(52-35-50(41-16-6-2-7-17-41)60-57(62-52)43-20-10-4-11-21-43)32-39(37-59)33-49(56)53-36-51(42-18-8-3-9-19-42)61-58(63-53)44-22-12-5-13-23-44/h2-36H,1H3. The first kappa shape index (κ1) is 38.2. The molecule has 0 fully saturated rings. The molecule has 0 aliphatic heterocycles. The van der Waals surface area contributed by atoms with Crippen LogP contribution in [0.15, 0.2) is 212 Å². The van der Waals surface area contributed by atoms with Crippen LogP contribution in [0.3, 0.4) is 0 Å². The van der Waals surface area contributed by atoms with Crippen LogP contribution in [-0.2, 0) is 0 Å². The first-order valence-electron chi connectivity index (χ1n) is 21.3. The van der Waals surface area contributed by atoms with Crippen molar-refractivity contribution in [3.05, 3.63) is 223 Å². The quantitative estimate of drug-likeness (QED) is 0.153. The van der Waals surface area contributed by atoms with Gasteiger partial charge in [-0.1, -0.05) is 175 Å². The second-order valence-corrected chi connectivity index (χ2v) is 15.9. The van der Waals surface area contributed by atoms with Crippen molar-refractivity contribution < 1.29 is 0 Å². The Morgan fingerprint density at radius 3 is 1.33 bits per heavy atom. The van der Waals surface area contributed by atoms with Crippen LogP contribution < -0.4 is 0 Å². The summed E-state index contributed by atoms with van der Waals surface area (Å²) < 4.78 is 2.33. The van der Waals surface area contributed by atoms with Crippen molar-refractivity contribution in [1.82, 2.24) is 24.5 Å². The van der Waals surface area contributed by atoms with Gasteiger partial charge in [0, 0.05) is 44.2 Å². The van der Waals surface area contributed by atoms with E-state index < -0.39 is 0 Å². The molecule has 3 heterocycles. The lowest BCUT2D eigenvalue weighted by Crippen LogP contribution is -2.05. The summed E-state index contributed by atoms with van der Waals surface area (Å²) in [5.74, 6) is 1.16. The maximum atomic E-state index is 10.9. The second kappa shape index (κ2) is 16.2. The fourth-order valence-corrected chi connectivity index (χ4v) is 8.59. The number of hydrogen-bond donors (Lipinski definition) is 0. The molecular weight excluding hydrogens is 781 g/mol. The molecule has 0 amide bonds. The van der Waals surface area contributed by atoms with Gasteiger partial charge in [-0.05, 0) is 60.5 Å². The molecule has 0 aliphatic carbocycles. The number of hydrogen-bond acceptors (Lipinski definition) is 5. The Kier molecular flexibility index (Phi) is 9.68. The molecule has 0 saturated heterocycles. The number of nitriles is 1. The summed E-state index contributed by atoms with van der Waals surface area (Å²) in [7, 11) is 0. The van der Waals surface area contributed by atoms with Crippen molar-refractivity contribution in [2.75, 3.05) is 0 Å². The van der Waals surface area contributed by atoms with E-state index in [2.05, 4.69) is 109 Å². The maximum absolute atomic E-state index is 10.9. The van der Waals surface area contributed by atoms with E-state index in [1.807, 2.05) is 121 Å². The third kappa shape index (κ3) is 7.07. The number of aromatic nitrogens is 5. The van der Waals surface area contributed by atoms with Crippen LogP contribution in [0.1, 0.15) is 11.1 Å². The first-order valence-corrected chi connectivity index (χ1v) is 21.3. The smallest absolute Gasteiger partial charge is 0.160 e. The molecule has 6 nitrogen and oxygen atoms in total. The highest BCUT2D eigenvalue weighted by Gasteiger charge is 2.25. The molecule has 0 bridgehead atoms. The molecule has 8 aromatic carbocycles. The van der Waals surface area contributed by atoms with Crippen LogP contribution in [0.4, 0.5) is 0 Å². The van der Waals surface area contributed by atoms with Gasteiger partial charge in [0.15, 0.2) is 11.6 Å². The van der Waals surface area contributed by atoms with Crippen LogP contribution in [0.5, 0.6) is 0 Å². The van der Waals surface area contributed by atoms with E-state index in [0.717, 1.165) is 83.4 Å². The molecule has 0 spiro atoms. The molecule has 3 aromatic heterocycles. The molecule has 300 valence electrons. The topological polar surface area (TPSA) is 80.3 Å². The zero-order valence-electron chi connectivity index (χ0n) is 34.9. The van der Waals surface area contributed by atoms with Crippen molar-refractivity contribution in [3.63, 3.8) is 0 Å². The van der Waals surface area contributed by atoms with E-state index in [4.69, 9.17) is 19.9 Å². The minimum Gasteiger partial charge on any atom is -0.308 e. The normalized spacial score (nSPS) is 11.2. The third-order valence-corrected chi connectivity index (χ3v) is 11.7. The van der Waals surface area contributed by atoms with Gasteiger partial charge in [-0.3, -0.25) is 0 Å². The summed E-state index contributed by atoms with van der Waals surface area (Å²) in [6.07, 6.45) is 0. The molecule has 64 heavy (non-hydrogen) atoms. The molecule has 0 N–H and O–H groups in total. The lowest BCUT2D eigenvalue weighted by molar-refractivity contribution is 1.14. The van der Waals surface area contributed by atoms with Gasteiger partial charge in [-0.15, -0.1) is 0 Å². The number of rotatable bonds is 8. The van der Waals surface area contributed by atoms with E-state index >= 15 is 0 Å². The Labute approximate surface area is 371 Å². The van der Waals surface area contributed by atoms with Gasteiger partial charge in [0.25, 0.3) is 0 Å². The largest absolute Gasteiger partial charge is 0.308 e. The Hall–Kier alpha value is -8.79. The van der Waals surface area contributed by atoms with Crippen LogP contribution in [0.2, 0.25) is 0 Å². The predicted octanol–water partition coefficient (Wildman–Crippen LogP) is 14.2. The van der Waals surface area contributed by atoms with Crippen LogP contribution in [-0.4, -0.2) is 24.5 Å². The summed E-state index contributed by atoms with van der Waals surface area (Å²) in [6, 6.07) is 74.9. The fourth-order valence-electron chi connectivity index (χ4n) is 8.59. The summed E-state index contributed by atoms with van der Waals surface area (Å²) in [6.45, 7) is 2.11.